The Hall–Kier alpha value is -0.840. The summed E-state index contributed by atoms with van der Waals surface area (Å²) in [4.78, 5) is 8.52. The fourth-order valence-electron chi connectivity index (χ4n) is 2.20. The molecule has 1 fully saturated rings. The summed E-state index contributed by atoms with van der Waals surface area (Å²) in [6.45, 7) is 2.92. The van der Waals surface area contributed by atoms with Crippen LogP contribution in [0.15, 0.2) is 10.8 Å². The monoisotopic (exact) mass is 298 g/mol. The lowest BCUT2D eigenvalue weighted by Gasteiger charge is -2.24. The molecule has 0 bridgehead atoms. The zero-order valence-electron chi connectivity index (χ0n) is 10.2. The summed E-state index contributed by atoms with van der Waals surface area (Å²) in [5, 5.41) is 6.73. The van der Waals surface area contributed by atoms with E-state index in [-0.39, 0.29) is 0 Å². The lowest BCUT2D eigenvalue weighted by atomic mass is 9.95. The van der Waals surface area contributed by atoms with Gasteiger partial charge in [-0.15, -0.1) is 0 Å². The van der Waals surface area contributed by atoms with Crippen molar-refractivity contribution in [3.63, 3.8) is 0 Å². The molecule has 1 aromatic heterocycles. The van der Waals surface area contributed by atoms with Gasteiger partial charge in [0.25, 0.3) is 0 Å². The van der Waals surface area contributed by atoms with Crippen molar-refractivity contribution in [2.24, 2.45) is 0 Å². The van der Waals surface area contributed by atoms with Crippen molar-refractivity contribution in [1.29, 1.82) is 0 Å². The standard InChI is InChI=1S/C12H19BrN4/c1-2-14-11-10(13)12(16-8-15-11)17-9-6-4-3-5-7-9/h8-9H,2-7H2,1H3,(H2,14,15,16,17). The Bertz CT molecular complexity index is 364. The van der Waals surface area contributed by atoms with E-state index < -0.39 is 0 Å². The Balaban J connectivity index is 2.06. The number of hydrogen-bond acceptors (Lipinski definition) is 4. The van der Waals surface area contributed by atoms with Crippen LogP contribution in [-0.4, -0.2) is 22.6 Å². The normalized spacial score (nSPS) is 16.8. The summed E-state index contributed by atoms with van der Waals surface area (Å²) >= 11 is 3.56. The molecule has 0 atom stereocenters. The quantitative estimate of drug-likeness (QED) is 0.894. The number of halogens is 1. The maximum Gasteiger partial charge on any atom is 0.146 e. The van der Waals surface area contributed by atoms with E-state index in [0.717, 1.165) is 22.7 Å². The lowest BCUT2D eigenvalue weighted by molar-refractivity contribution is 0.461. The molecule has 0 spiro atoms. The van der Waals surface area contributed by atoms with Crippen LogP contribution in [0.1, 0.15) is 39.0 Å². The first-order chi connectivity index (χ1) is 8.31. The van der Waals surface area contributed by atoms with Gasteiger partial charge in [-0.25, -0.2) is 9.97 Å². The molecule has 0 saturated heterocycles. The predicted molar refractivity (Wildman–Crippen MR) is 74.4 cm³/mol. The summed E-state index contributed by atoms with van der Waals surface area (Å²) in [6.07, 6.45) is 8.10. The van der Waals surface area contributed by atoms with Gasteiger partial charge in [-0.3, -0.25) is 0 Å². The van der Waals surface area contributed by atoms with Gasteiger partial charge in [-0.1, -0.05) is 19.3 Å². The van der Waals surface area contributed by atoms with Crippen LogP contribution in [0.25, 0.3) is 0 Å². The molecule has 0 amide bonds. The first kappa shape index (κ1) is 12.6. The van der Waals surface area contributed by atoms with Crippen molar-refractivity contribution in [3.8, 4) is 0 Å². The summed E-state index contributed by atoms with van der Waals surface area (Å²) in [6, 6.07) is 0.560. The van der Waals surface area contributed by atoms with Crippen molar-refractivity contribution >= 4 is 27.6 Å². The summed E-state index contributed by atoms with van der Waals surface area (Å²) < 4.78 is 0.937. The molecule has 4 nitrogen and oxygen atoms in total. The minimum atomic E-state index is 0.560. The first-order valence-electron chi connectivity index (χ1n) is 6.32. The second-order valence-corrected chi connectivity index (χ2v) is 5.19. The molecule has 0 unspecified atom stereocenters. The number of hydrogen-bond donors (Lipinski definition) is 2. The van der Waals surface area contributed by atoms with E-state index in [9.17, 15) is 0 Å². The molecule has 1 aromatic rings. The molecule has 2 rings (SSSR count). The second-order valence-electron chi connectivity index (χ2n) is 4.39. The number of anilines is 2. The van der Waals surface area contributed by atoms with Gasteiger partial charge in [0.05, 0.1) is 0 Å². The van der Waals surface area contributed by atoms with Crippen LogP contribution in [0.5, 0.6) is 0 Å². The molecule has 5 heteroatoms. The molecule has 0 aliphatic heterocycles. The number of nitrogens with zero attached hydrogens (tertiary/aromatic N) is 2. The number of nitrogens with one attached hydrogen (secondary N) is 2. The minimum absolute atomic E-state index is 0.560. The van der Waals surface area contributed by atoms with Gasteiger partial charge in [0.2, 0.25) is 0 Å². The van der Waals surface area contributed by atoms with Gasteiger partial charge in [0, 0.05) is 12.6 Å². The largest absolute Gasteiger partial charge is 0.369 e. The van der Waals surface area contributed by atoms with Crippen LogP contribution in [0.3, 0.4) is 0 Å². The average molecular weight is 299 g/mol. The Morgan fingerprint density at radius 3 is 2.65 bits per heavy atom. The van der Waals surface area contributed by atoms with Gasteiger partial charge < -0.3 is 10.6 Å². The molecular formula is C12H19BrN4. The fraction of sp³-hybridized carbons (Fsp3) is 0.667. The molecule has 0 radical (unpaired) electrons. The SMILES string of the molecule is CCNc1ncnc(NC2CCCCC2)c1Br. The van der Waals surface area contributed by atoms with Crippen molar-refractivity contribution in [3.05, 3.63) is 10.8 Å². The Morgan fingerprint density at radius 2 is 1.94 bits per heavy atom. The van der Waals surface area contributed by atoms with Gasteiger partial charge in [0.1, 0.15) is 22.4 Å². The maximum atomic E-state index is 4.31. The topological polar surface area (TPSA) is 49.8 Å². The van der Waals surface area contributed by atoms with Gasteiger partial charge >= 0.3 is 0 Å². The van der Waals surface area contributed by atoms with E-state index in [0.29, 0.717) is 6.04 Å². The summed E-state index contributed by atoms with van der Waals surface area (Å²) in [5.41, 5.74) is 0. The van der Waals surface area contributed by atoms with Gasteiger partial charge in [0.15, 0.2) is 0 Å². The number of aromatic nitrogens is 2. The van der Waals surface area contributed by atoms with Crippen LogP contribution in [0.2, 0.25) is 0 Å². The highest BCUT2D eigenvalue weighted by Crippen LogP contribution is 2.29. The maximum absolute atomic E-state index is 4.31. The van der Waals surface area contributed by atoms with E-state index >= 15 is 0 Å². The van der Waals surface area contributed by atoms with Crippen molar-refractivity contribution in [1.82, 2.24) is 9.97 Å². The Morgan fingerprint density at radius 1 is 1.24 bits per heavy atom. The van der Waals surface area contributed by atoms with Gasteiger partial charge in [-0.2, -0.15) is 0 Å². The Labute approximate surface area is 111 Å². The predicted octanol–water partition coefficient (Wildman–Crippen LogP) is 3.42. The van der Waals surface area contributed by atoms with Crippen LogP contribution in [0.4, 0.5) is 11.6 Å². The minimum Gasteiger partial charge on any atom is -0.369 e. The van der Waals surface area contributed by atoms with Crippen LogP contribution < -0.4 is 10.6 Å². The van der Waals surface area contributed by atoms with E-state index in [1.807, 2.05) is 0 Å². The first-order valence-corrected chi connectivity index (χ1v) is 7.11. The smallest absolute Gasteiger partial charge is 0.146 e. The molecule has 1 heterocycles. The highest BCUT2D eigenvalue weighted by molar-refractivity contribution is 9.10. The van der Waals surface area contributed by atoms with E-state index in [1.54, 1.807) is 6.33 Å². The summed E-state index contributed by atoms with van der Waals surface area (Å²) in [7, 11) is 0. The zero-order valence-corrected chi connectivity index (χ0v) is 11.8. The van der Waals surface area contributed by atoms with Crippen molar-refractivity contribution in [2.45, 2.75) is 45.1 Å². The third kappa shape index (κ3) is 3.31. The molecule has 1 aliphatic rings. The highest BCUT2D eigenvalue weighted by Gasteiger charge is 2.16. The molecule has 94 valence electrons. The number of rotatable bonds is 4. The third-order valence-electron chi connectivity index (χ3n) is 3.08. The molecule has 1 aliphatic carbocycles. The van der Waals surface area contributed by atoms with Crippen LogP contribution in [-0.2, 0) is 0 Å². The Kier molecular flexibility index (Phi) is 4.59. The van der Waals surface area contributed by atoms with Crippen LogP contribution >= 0.6 is 15.9 Å². The second kappa shape index (κ2) is 6.19. The third-order valence-corrected chi connectivity index (χ3v) is 3.83. The zero-order chi connectivity index (χ0) is 12.1. The molecule has 2 N–H and O–H groups in total. The summed E-state index contributed by atoms with van der Waals surface area (Å²) in [5.74, 6) is 1.77. The van der Waals surface area contributed by atoms with Crippen LogP contribution in [0, 0.1) is 0 Å². The average Bonchev–Trinajstić information content (AvgIpc) is 2.36. The lowest BCUT2D eigenvalue weighted by Crippen LogP contribution is -2.23. The van der Waals surface area contributed by atoms with Gasteiger partial charge in [-0.05, 0) is 35.7 Å². The van der Waals surface area contributed by atoms with Crippen molar-refractivity contribution in [2.75, 3.05) is 17.2 Å². The fourth-order valence-corrected chi connectivity index (χ4v) is 2.66. The van der Waals surface area contributed by atoms with E-state index in [2.05, 4.69) is 43.5 Å². The van der Waals surface area contributed by atoms with Crippen molar-refractivity contribution < 1.29 is 0 Å². The highest BCUT2D eigenvalue weighted by atomic mass is 79.9. The molecule has 0 aromatic carbocycles. The molecular weight excluding hydrogens is 280 g/mol. The van der Waals surface area contributed by atoms with E-state index in [1.165, 1.54) is 32.1 Å². The molecule has 1 saturated carbocycles. The van der Waals surface area contributed by atoms with E-state index in [4.69, 9.17) is 0 Å². The molecule has 17 heavy (non-hydrogen) atoms.